The summed E-state index contributed by atoms with van der Waals surface area (Å²) in [6.45, 7) is 4.71. The fourth-order valence-electron chi connectivity index (χ4n) is 4.67. The molecule has 1 atom stereocenters. The van der Waals surface area contributed by atoms with Gasteiger partial charge in [-0.3, -0.25) is 24.5 Å². The van der Waals surface area contributed by atoms with Gasteiger partial charge in [-0.15, -0.1) is 0 Å². The van der Waals surface area contributed by atoms with Crippen LogP contribution in [0.25, 0.3) is 11.0 Å². The number of anilines is 1. The normalized spacial score (nSPS) is 15.4. The molecule has 1 saturated heterocycles. The predicted octanol–water partition coefficient (Wildman–Crippen LogP) is 3.32. The Morgan fingerprint density at radius 2 is 1.87 bits per heavy atom. The molecule has 3 aromatic rings. The van der Waals surface area contributed by atoms with E-state index in [1.807, 2.05) is 10.6 Å². The molecule has 0 radical (unpaired) electrons. The summed E-state index contributed by atoms with van der Waals surface area (Å²) in [5.41, 5.74) is 1.89. The highest BCUT2D eigenvalue weighted by Crippen LogP contribution is 2.32. The molecule has 0 bridgehead atoms. The van der Waals surface area contributed by atoms with Crippen molar-refractivity contribution in [2.75, 3.05) is 32.1 Å². The molecule has 0 aliphatic carbocycles. The van der Waals surface area contributed by atoms with Crippen molar-refractivity contribution >= 4 is 40.7 Å². The van der Waals surface area contributed by atoms with Crippen LogP contribution >= 0.6 is 0 Å². The number of likely N-dealkylation sites (tertiary alicyclic amines) is 1. The van der Waals surface area contributed by atoms with Crippen molar-refractivity contribution in [3.63, 3.8) is 0 Å². The van der Waals surface area contributed by atoms with E-state index in [1.165, 1.54) is 13.2 Å². The van der Waals surface area contributed by atoms with Crippen LogP contribution in [-0.4, -0.2) is 64.9 Å². The Morgan fingerprint density at radius 3 is 2.61 bits per heavy atom. The molecule has 10 heteroatoms. The maximum absolute atomic E-state index is 13.2. The molecule has 3 amide bonds. The average molecular weight is 518 g/mol. The highest BCUT2D eigenvalue weighted by molar-refractivity contribution is 6.08. The van der Waals surface area contributed by atoms with Gasteiger partial charge in [0, 0.05) is 25.2 Å². The van der Waals surface area contributed by atoms with Crippen molar-refractivity contribution < 1.29 is 23.9 Å². The smallest absolute Gasteiger partial charge is 0.307 e. The molecule has 1 fully saturated rings. The SMILES string of the molecule is C=CC(=O)N1CCCCC(n2c(NC(=O)c3ccccc3)nc3cccc(C(=O)NCCC(=O)OC)c32)C1. The predicted molar refractivity (Wildman–Crippen MR) is 143 cm³/mol. The monoisotopic (exact) mass is 517 g/mol. The Morgan fingerprint density at radius 1 is 1.08 bits per heavy atom. The zero-order chi connectivity index (χ0) is 27.1. The van der Waals surface area contributed by atoms with Crippen molar-refractivity contribution in [2.45, 2.75) is 31.7 Å². The lowest BCUT2D eigenvalue weighted by molar-refractivity contribution is -0.140. The van der Waals surface area contributed by atoms with Crippen LogP contribution in [0.5, 0.6) is 0 Å². The molecule has 2 N–H and O–H groups in total. The van der Waals surface area contributed by atoms with E-state index in [2.05, 4.69) is 21.9 Å². The number of imidazole rings is 1. The van der Waals surface area contributed by atoms with Gasteiger partial charge in [-0.1, -0.05) is 30.8 Å². The second-order valence-corrected chi connectivity index (χ2v) is 9.02. The average Bonchev–Trinajstić information content (AvgIpc) is 3.12. The van der Waals surface area contributed by atoms with E-state index < -0.39 is 5.97 Å². The van der Waals surface area contributed by atoms with Crippen molar-refractivity contribution in [3.05, 3.63) is 72.3 Å². The molecule has 2 heterocycles. The van der Waals surface area contributed by atoms with Crippen molar-refractivity contribution in [3.8, 4) is 0 Å². The minimum absolute atomic E-state index is 0.0388. The van der Waals surface area contributed by atoms with E-state index in [9.17, 15) is 19.2 Å². The van der Waals surface area contributed by atoms with E-state index in [4.69, 9.17) is 4.98 Å². The molecule has 2 aromatic carbocycles. The topological polar surface area (TPSA) is 123 Å². The Balaban J connectivity index is 1.77. The summed E-state index contributed by atoms with van der Waals surface area (Å²) in [6.07, 6.45) is 3.74. The second kappa shape index (κ2) is 12.2. The quantitative estimate of drug-likeness (QED) is 0.349. The molecule has 10 nitrogen and oxygen atoms in total. The zero-order valence-corrected chi connectivity index (χ0v) is 21.3. The maximum Gasteiger partial charge on any atom is 0.307 e. The summed E-state index contributed by atoms with van der Waals surface area (Å²) in [5.74, 6) is -1.02. The number of hydrogen-bond acceptors (Lipinski definition) is 6. The number of nitrogens with zero attached hydrogens (tertiary/aromatic N) is 3. The molecule has 4 rings (SSSR count). The van der Waals surface area contributed by atoms with Gasteiger partial charge in [-0.05, 0) is 49.6 Å². The third kappa shape index (κ3) is 5.91. The molecule has 1 aliphatic rings. The molecule has 0 saturated carbocycles. The number of nitrogens with one attached hydrogen (secondary N) is 2. The standard InChI is InChI=1S/C28H31N5O5/c1-3-23(34)32-17-8-7-12-20(18-32)33-25-21(27(37)29-16-15-24(35)38-2)13-9-14-22(25)30-28(33)31-26(36)19-10-5-4-6-11-19/h3-6,9-11,13-14,20H,1,7-8,12,15-18H2,2H3,(H,29,37)(H,30,31,36). The van der Waals surface area contributed by atoms with Gasteiger partial charge >= 0.3 is 5.97 Å². The number of fused-ring (bicyclic) bond motifs is 1. The number of rotatable bonds is 8. The van der Waals surface area contributed by atoms with E-state index in [-0.39, 0.29) is 36.7 Å². The number of aromatic nitrogens is 2. The Kier molecular flexibility index (Phi) is 8.52. The lowest BCUT2D eigenvalue weighted by Crippen LogP contribution is -2.35. The Hall–Kier alpha value is -4.47. The molecular formula is C28H31N5O5. The van der Waals surface area contributed by atoms with Crippen LogP contribution in [0.3, 0.4) is 0 Å². The molecule has 1 unspecified atom stereocenters. The van der Waals surface area contributed by atoms with Crippen LogP contribution in [0, 0.1) is 0 Å². The highest BCUT2D eigenvalue weighted by Gasteiger charge is 2.28. The van der Waals surface area contributed by atoms with Crippen LogP contribution in [-0.2, 0) is 14.3 Å². The highest BCUT2D eigenvalue weighted by atomic mass is 16.5. The fourth-order valence-corrected chi connectivity index (χ4v) is 4.67. The fraction of sp³-hybridized carbons (Fsp3) is 0.321. The number of para-hydroxylation sites is 1. The number of carbonyl (C=O) groups is 4. The zero-order valence-electron chi connectivity index (χ0n) is 21.3. The first-order chi connectivity index (χ1) is 18.4. The summed E-state index contributed by atoms with van der Waals surface area (Å²) in [7, 11) is 1.29. The van der Waals surface area contributed by atoms with Gasteiger partial charge in [-0.25, -0.2) is 4.98 Å². The first kappa shape index (κ1) is 26.6. The van der Waals surface area contributed by atoms with Crippen molar-refractivity contribution in [1.82, 2.24) is 19.8 Å². The third-order valence-electron chi connectivity index (χ3n) is 6.56. The Bertz CT molecular complexity index is 1350. The van der Waals surface area contributed by atoms with Crippen LogP contribution in [0.15, 0.2) is 61.2 Å². The summed E-state index contributed by atoms with van der Waals surface area (Å²) < 4.78 is 6.51. The van der Waals surface area contributed by atoms with Crippen LogP contribution < -0.4 is 10.6 Å². The molecule has 198 valence electrons. The number of esters is 1. The molecular weight excluding hydrogens is 486 g/mol. The first-order valence-electron chi connectivity index (χ1n) is 12.6. The summed E-state index contributed by atoms with van der Waals surface area (Å²) >= 11 is 0. The van der Waals surface area contributed by atoms with Gasteiger partial charge in [0.1, 0.15) is 0 Å². The van der Waals surface area contributed by atoms with Gasteiger partial charge in [0.2, 0.25) is 11.9 Å². The number of carbonyl (C=O) groups excluding carboxylic acids is 4. The maximum atomic E-state index is 13.2. The lowest BCUT2D eigenvalue weighted by atomic mass is 10.1. The van der Waals surface area contributed by atoms with Crippen molar-refractivity contribution in [1.29, 1.82) is 0 Å². The van der Waals surface area contributed by atoms with E-state index in [0.717, 1.165) is 19.3 Å². The minimum Gasteiger partial charge on any atom is -0.469 e. The third-order valence-corrected chi connectivity index (χ3v) is 6.56. The lowest BCUT2D eigenvalue weighted by Gasteiger charge is -2.26. The molecule has 1 aromatic heterocycles. The van der Waals surface area contributed by atoms with Gasteiger partial charge in [0.25, 0.3) is 11.8 Å². The summed E-state index contributed by atoms with van der Waals surface area (Å²) in [5, 5.41) is 5.69. The molecule has 0 spiro atoms. The number of methoxy groups -OCH3 is 1. The summed E-state index contributed by atoms with van der Waals surface area (Å²) in [6, 6.07) is 13.7. The van der Waals surface area contributed by atoms with Gasteiger partial charge in [0.15, 0.2) is 0 Å². The van der Waals surface area contributed by atoms with Gasteiger partial charge in [-0.2, -0.15) is 0 Å². The van der Waals surface area contributed by atoms with Crippen molar-refractivity contribution in [2.24, 2.45) is 0 Å². The van der Waals surface area contributed by atoms with Gasteiger partial charge < -0.3 is 19.5 Å². The Labute approximate surface area is 220 Å². The number of hydrogen-bond donors (Lipinski definition) is 2. The number of ether oxygens (including phenoxy) is 1. The van der Waals surface area contributed by atoms with Crippen LogP contribution in [0.1, 0.15) is 52.4 Å². The second-order valence-electron chi connectivity index (χ2n) is 9.02. The van der Waals surface area contributed by atoms with Crippen LogP contribution in [0.4, 0.5) is 5.95 Å². The minimum atomic E-state index is -0.426. The van der Waals surface area contributed by atoms with Gasteiger partial charge in [0.05, 0.1) is 36.2 Å². The van der Waals surface area contributed by atoms with E-state index in [0.29, 0.717) is 41.2 Å². The van der Waals surface area contributed by atoms with E-state index in [1.54, 1.807) is 47.4 Å². The largest absolute Gasteiger partial charge is 0.469 e. The van der Waals surface area contributed by atoms with Crippen LogP contribution in [0.2, 0.25) is 0 Å². The first-order valence-corrected chi connectivity index (χ1v) is 12.6. The van der Waals surface area contributed by atoms with E-state index >= 15 is 0 Å². The molecule has 38 heavy (non-hydrogen) atoms. The number of amides is 3. The molecule has 1 aliphatic heterocycles. The summed E-state index contributed by atoms with van der Waals surface area (Å²) in [4.78, 5) is 56.8. The number of benzene rings is 2.